The molecule has 0 bridgehead atoms. The number of benzene rings is 1. The molecule has 0 aliphatic carbocycles. The minimum absolute atomic E-state index is 0.0902. The van der Waals surface area contributed by atoms with Crippen LogP contribution in [0.15, 0.2) is 36.7 Å². The average Bonchev–Trinajstić information content (AvgIpc) is 2.63. The number of alkyl halides is 1. The van der Waals surface area contributed by atoms with Crippen LogP contribution in [0.5, 0.6) is 0 Å². The molecule has 1 fully saturated rings. The number of carboxylic acids is 1. The summed E-state index contributed by atoms with van der Waals surface area (Å²) in [6.07, 6.45) is 2.66. The van der Waals surface area contributed by atoms with E-state index in [0.29, 0.717) is 38.2 Å². The van der Waals surface area contributed by atoms with Crippen LogP contribution >= 0.6 is 0 Å². The van der Waals surface area contributed by atoms with E-state index in [4.69, 9.17) is 5.11 Å². The van der Waals surface area contributed by atoms with Crippen LogP contribution in [0.2, 0.25) is 0 Å². The molecule has 3 rings (SSSR count). The number of likely N-dealkylation sites (tertiary alicyclic amines) is 1. The van der Waals surface area contributed by atoms with Crippen molar-refractivity contribution in [1.29, 1.82) is 0 Å². The molecule has 1 aliphatic rings. The van der Waals surface area contributed by atoms with E-state index in [1.54, 1.807) is 12.1 Å². The number of carbonyl (C=O) groups is 1. The molecule has 1 atom stereocenters. The number of nitrogens with zero attached hydrogens (tertiary/aromatic N) is 3. The number of rotatable bonds is 5. The molecule has 1 aromatic carbocycles. The molecule has 7 heteroatoms. The Labute approximate surface area is 144 Å². The van der Waals surface area contributed by atoms with Crippen molar-refractivity contribution >= 4 is 5.97 Å². The lowest BCUT2D eigenvalue weighted by Gasteiger charge is -2.33. The molecule has 0 radical (unpaired) electrons. The molecule has 1 saturated heterocycles. The zero-order valence-electron chi connectivity index (χ0n) is 13.6. The van der Waals surface area contributed by atoms with Crippen LogP contribution in [0.3, 0.4) is 0 Å². The standard InChI is InChI=1S/C18H19F2N3O2/c19-15-4-2-1-3-14(15)17(20)12-5-7-23(8-6-12)11-13-9-22-16(10-21-13)18(24)25/h1-4,9-10,12,17H,5-8,11H2,(H,24,25). The largest absolute Gasteiger partial charge is 0.476 e. The number of carboxylic acid groups (broad SMARTS) is 1. The highest BCUT2D eigenvalue weighted by Crippen LogP contribution is 2.35. The van der Waals surface area contributed by atoms with Crippen molar-refractivity contribution in [2.24, 2.45) is 5.92 Å². The van der Waals surface area contributed by atoms with Gasteiger partial charge in [0.1, 0.15) is 12.0 Å². The Bertz CT molecular complexity index is 731. The van der Waals surface area contributed by atoms with Gasteiger partial charge in [0.25, 0.3) is 0 Å². The Hall–Kier alpha value is -2.41. The maximum Gasteiger partial charge on any atom is 0.356 e. The third-order valence-corrected chi connectivity index (χ3v) is 4.56. The SMILES string of the molecule is O=C(O)c1cnc(CN2CCC(C(F)c3ccccc3F)CC2)cn1. The fraction of sp³-hybridized carbons (Fsp3) is 0.389. The van der Waals surface area contributed by atoms with Crippen molar-refractivity contribution in [3.63, 3.8) is 0 Å². The first-order valence-electron chi connectivity index (χ1n) is 8.19. The summed E-state index contributed by atoms with van der Waals surface area (Å²) in [6, 6.07) is 6.01. The van der Waals surface area contributed by atoms with Gasteiger partial charge in [-0.25, -0.2) is 18.6 Å². The highest BCUT2D eigenvalue weighted by Gasteiger charge is 2.29. The van der Waals surface area contributed by atoms with Crippen LogP contribution in [0.25, 0.3) is 0 Å². The predicted molar refractivity (Wildman–Crippen MR) is 87.2 cm³/mol. The van der Waals surface area contributed by atoms with Gasteiger partial charge in [0, 0.05) is 12.1 Å². The predicted octanol–water partition coefficient (Wildman–Crippen LogP) is 3.24. The monoisotopic (exact) mass is 347 g/mol. The van der Waals surface area contributed by atoms with Gasteiger partial charge in [0.05, 0.1) is 18.1 Å². The Kier molecular flexibility index (Phi) is 5.33. The molecule has 0 spiro atoms. The van der Waals surface area contributed by atoms with Crippen molar-refractivity contribution < 1.29 is 18.7 Å². The average molecular weight is 347 g/mol. The normalized spacial score (nSPS) is 17.4. The number of hydrogen-bond acceptors (Lipinski definition) is 4. The second-order valence-corrected chi connectivity index (χ2v) is 6.23. The van der Waals surface area contributed by atoms with Gasteiger partial charge < -0.3 is 5.11 Å². The summed E-state index contributed by atoms with van der Waals surface area (Å²) in [4.78, 5) is 20.8. The summed E-state index contributed by atoms with van der Waals surface area (Å²) < 4.78 is 28.4. The quantitative estimate of drug-likeness (QED) is 0.899. The molecular formula is C18H19F2N3O2. The summed E-state index contributed by atoms with van der Waals surface area (Å²) in [5.41, 5.74) is 0.720. The Balaban J connectivity index is 1.55. The van der Waals surface area contributed by atoms with Crippen LogP contribution in [0.4, 0.5) is 8.78 Å². The molecule has 1 N–H and O–H groups in total. The van der Waals surface area contributed by atoms with Gasteiger partial charge in [0.2, 0.25) is 0 Å². The van der Waals surface area contributed by atoms with Gasteiger partial charge in [-0.2, -0.15) is 0 Å². The van der Waals surface area contributed by atoms with Crippen LogP contribution in [0, 0.1) is 11.7 Å². The highest BCUT2D eigenvalue weighted by atomic mass is 19.1. The third kappa shape index (κ3) is 4.17. The second kappa shape index (κ2) is 7.65. The molecule has 1 unspecified atom stereocenters. The van der Waals surface area contributed by atoms with E-state index in [1.807, 2.05) is 0 Å². The van der Waals surface area contributed by atoms with Crippen molar-refractivity contribution in [3.8, 4) is 0 Å². The first-order chi connectivity index (χ1) is 12.0. The lowest BCUT2D eigenvalue weighted by molar-refractivity contribution is 0.0689. The minimum atomic E-state index is -1.29. The first-order valence-corrected chi connectivity index (χ1v) is 8.19. The first kappa shape index (κ1) is 17.4. The fourth-order valence-corrected chi connectivity index (χ4v) is 3.13. The Morgan fingerprint density at radius 1 is 1.24 bits per heavy atom. The fourth-order valence-electron chi connectivity index (χ4n) is 3.13. The number of hydrogen-bond donors (Lipinski definition) is 1. The van der Waals surface area contributed by atoms with E-state index >= 15 is 0 Å². The van der Waals surface area contributed by atoms with Gasteiger partial charge in [-0.15, -0.1) is 0 Å². The number of aromatic nitrogens is 2. The molecule has 0 saturated carbocycles. The zero-order valence-corrected chi connectivity index (χ0v) is 13.6. The number of aromatic carboxylic acids is 1. The molecular weight excluding hydrogens is 328 g/mol. The molecule has 1 aromatic heterocycles. The van der Waals surface area contributed by atoms with Gasteiger partial charge in [-0.3, -0.25) is 9.88 Å². The summed E-state index contributed by atoms with van der Waals surface area (Å²) in [6.45, 7) is 1.90. The summed E-state index contributed by atoms with van der Waals surface area (Å²) in [5, 5.41) is 8.82. The zero-order chi connectivity index (χ0) is 17.8. The van der Waals surface area contributed by atoms with Crippen LogP contribution in [-0.4, -0.2) is 39.0 Å². The molecule has 2 aromatic rings. The smallest absolute Gasteiger partial charge is 0.356 e. The Morgan fingerprint density at radius 2 is 1.96 bits per heavy atom. The van der Waals surface area contributed by atoms with E-state index in [0.717, 1.165) is 0 Å². The van der Waals surface area contributed by atoms with Gasteiger partial charge in [0.15, 0.2) is 5.69 Å². The Morgan fingerprint density at radius 3 is 2.56 bits per heavy atom. The van der Waals surface area contributed by atoms with Crippen LogP contribution in [-0.2, 0) is 6.54 Å². The molecule has 0 amide bonds. The summed E-state index contributed by atoms with van der Waals surface area (Å²) >= 11 is 0. The number of halogens is 2. The second-order valence-electron chi connectivity index (χ2n) is 6.23. The van der Waals surface area contributed by atoms with Crippen molar-refractivity contribution in [3.05, 3.63) is 59.4 Å². The van der Waals surface area contributed by atoms with Crippen molar-refractivity contribution in [2.75, 3.05) is 13.1 Å². The van der Waals surface area contributed by atoms with Crippen LogP contribution in [0.1, 0.15) is 40.8 Å². The van der Waals surface area contributed by atoms with E-state index in [-0.39, 0.29) is 17.2 Å². The molecule has 5 nitrogen and oxygen atoms in total. The van der Waals surface area contributed by atoms with Crippen molar-refractivity contribution in [2.45, 2.75) is 25.6 Å². The highest BCUT2D eigenvalue weighted by molar-refractivity contribution is 5.84. The molecule has 132 valence electrons. The van der Waals surface area contributed by atoms with Gasteiger partial charge in [-0.1, -0.05) is 18.2 Å². The van der Waals surface area contributed by atoms with E-state index in [9.17, 15) is 13.6 Å². The third-order valence-electron chi connectivity index (χ3n) is 4.56. The lowest BCUT2D eigenvalue weighted by atomic mass is 9.88. The topological polar surface area (TPSA) is 66.3 Å². The molecule has 2 heterocycles. The van der Waals surface area contributed by atoms with E-state index < -0.39 is 18.0 Å². The maximum atomic E-state index is 14.6. The van der Waals surface area contributed by atoms with Crippen LogP contribution < -0.4 is 0 Å². The van der Waals surface area contributed by atoms with Gasteiger partial charge >= 0.3 is 5.97 Å². The number of piperidine rings is 1. The van der Waals surface area contributed by atoms with E-state index in [1.165, 1.54) is 24.5 Å². The summed E-state index contributed by atoms with van der Waals surface area (Å²) in [7, 11) is 0. The maximum absolute atomic E-state index is 14.6. The lowest BCUT2D eigenvalue weighted by Crippen LogP contribution is -2.35. The van der Waals surface area contributed by atoms with E-state index in [2.05, 4.69) is 14.9 Å². The van der Waals surface area contributed by atoms with Crippen molar-refractivity contribution in [1.82, 2.24) is 14.9 Å². The molecule has 25 heavy (non-hydrogen) atoms. The molecule has 1 aliphatic heterocycles. The summed E-state index contributed by atoms with van der Waals surface area (Å²) in [5.74, 6) is -1.80. The minimum Gasteiger partial charge on any atom is -0.476 e. The van der Waals surface area contributed by atoms with Gasteiger partial charge in [-0.05, 0) is 37.9 Å².